The van der Waals surface area contributed by atoms with E-state index in [9.17, 15) is 4.79 Å². The summed E-state index contributed by atoms with van der Waals surface area (Å²) in [5.74, 6) is 0.520. The summed E-state index contributed by atoms with van der Waals surface area (Å²) >= 11 is 0. The fourth-order valence-electron chi connectivity index (χ4n) is 5.64. The highest BCUT2D eigenvalue weighted by Crippen LogP contribution is 2.53. The number of hydrogen-bond acceptors (Lipinski definition) is 3. The van der Waals surface area contributed by atoms with Gasteiger partial charge in [0.2, 0.25) is 0 Å². The predicted molar refractivity (Wildman–Crippen MR) is 94.0 cm³/mol. The zero-order chi connectivity index (χ0) is 17.2. The Labute approximate surface area is 145 Å². The third-order valence-electron chi connectivity index (χ3n) is 6.97. The molecular weight excluding hydrogens is 300 g/mol. The van der Waals surface area contributed by atoms with E-state index in [1.165, 1.54) is 19.3 Å². The molecule has 1 aromatic rings. The highest BCUT2D eigenvalue weighted by atomic mass is 16.2. The first-order valence-corrected chi connectivity index (χ1v) is 9.39. The van der Waals surface area contributed by atoms with Crippen LogP contribution in [-0.2, 0) is 7.05 Å². The lowest BCUT2D eigenvalue weighted by molar-refractivity contribution is 0.0110. The Morgan fingerprint density at radius 3 is 2.67 bits per heavy atom. The number of aromatic nitrogens is 2. The van der Waals surface area contributed by atoms with Crippen molar-refractivity contribution in [3.05, 3.63) is 17.5 Å². The summed E-state index contributed by atoms with van der Waals surface area (Å²) in [5.41, 5.74) is 2.00. The summed E-state index contributed by atoms with van der Waals surface area (Å²) in [4.78, 5) is 18.1. The number of carbonyl (C=O) groups excluding carboxylic acids is 1. The molecule has 3 fully saturated rings. The second kappa shape index (κ2) is 5.32. The van der Waals surface area contributed by atoms with Gasteiger partial charge in [-0.2, -0.15) is 5.10 Å². The molecule has 2 aliphatic heterocycles. The minimum atomic E-state index is 0.175. The Balaban J connectivity index is 1.68. The summed E-state index contributed by atoms with van der Waals surface area (Å²) < 4.78 is 1.78. The van der Waals surface area contributed by atoms with Crippen LogP contribution in [0.25, 0.3) is 0 Å². The average Bonchev–Trinajstić information content (AvgIpc) is 3.03. The van der Waals surface area contributed by atoms with E-state index in [1.807, 2.05) is 13.1 Å². The fourth-order valence-corrected chi connectivity index (χ4v) is 5.64. The van der Waals surface area contributed by atoms with Crippen molar-refractivity contribution in [3.63, 3.8) is 0 Å². The lowest BCUT2D eigenvalue weighted by atomic mass is 9.66. The molecule has 3 heterocycles. The first-order valence-electron chi connectivity index (χ1n) is 9.39. The SMILES string of the molecule is CC(C)c1cc(C(=O)N2C[C@@H]3C[C@@]4(C)[C@H](CCC[C@@H]24)N3C)n(C)n1. The monoisotopic (exact) mass is 330 g/mol. The van der Waals surface area contributed by atoms with Gasteiger partial charge in [0.1, 0.15) is 5.69 Å². The van der Waals surface area contributed by atoms with Gasteiger partial charge in [-0.1, -0.05) is 20.8 Å². The number of hydrogen-bond donors (Lipinski definition) is 0. The van der Waals surface area contributed by atoms with Crippen LogP contribution in [0.5, 0.6) is 0 Å². The van der Waals surface area contributed by atoms with Gasteiger partial charge in [0.25, 0.3) is 5.91 Å². The van der Waals surface area contributed by atoms with Crippen molar-refractivity contribution >= 4 is 5.91 Å². The number of likely N-dealkylation sites (tertiary alicyclic amines) is 2. The van der Waals surface area contributed by atoms with Crippen LogP contribution in [-0.4, -0.2) is 57.2 Å². The van der Waals surface area contributed by atoms with Crippen LogP contribution in [0.4, 0.5) is 0 Å². The van der Waals surface area contributed by atoms with Crippen LogP contribution in [0.2, 0.25) is 0 Å². The second-order valence-electron chi connectivity index (χ2n) is 8.68. The molecule has 1 amide bonds. The molecule has 4 rings (SSSR count). The van der Waals surface area contributed by atoms with Crippen molar-refractivity contribution < 1.29 is 4.79 Å². The summed E-state index contributed by atoms with van der Waals surface area (Å²) in [6, 6.07) is 3.52. The number of aryl methyl sites for hydroxylation is 1. The summed E-state index contributed by atoms with van der Waals surface area (Å²) in [7, 11) is 4.16. The molecule has 0 N–H and O–H groups in total. The molecule has 1 aliphatic carbocycles. The molecule has 5 nitrogen and oxygen atoms in total. The number of carbonyl (C=O) groups is 1. The van der Waals surface area contributed by atoms with Crippen molar-refractivity contribution in [2.75, 3.05) is 13.6 Å². The quantitative estimate of drug-likeness (QED) is 0.837. The van der Waals surface area contributed by atoms with Gasteiger partial charge < -0.3 is 4.90 Å². The Hall–Kier alpha value is -1.36. The Morgan fingerprint density at radius 1 is 1.29 bits per heavy atom. The lowest BCUT2D eigenvalue weighted by Gasteiger charge is -2.50. The number of piperidine rings is 1. The molecular formula is C19H30N4O. The van der Waals surface area contributed by atoms with Crippen LogP contribution in [0.3, 0.4) is 0 Å². The maximum atomic E-state index is 13.4. The number of fused-ring (bicyclic) bond motifs is 1. The van der Waals surface area contributed by atoms with E-state index in [2.05, 4.69) is 42.7 Å². The average molecular weight is 330 g/mol. The van der Waals surface area contributed by atoms with Gasteiger partial charge in [0, 0.05) is 37.1 Å². The molecule has 2 bridgehead atoms. The molecule has 1 aromatic heterocycles. The van der Waals surface area contributed by atoms with Gasteiger partial charge in [0.05, 0.1) is 5.69 Å². The zero-order valence-corrected chi connectivity index (χ0v) is 15.6. The maximum Gasteiger partial charge on any atom is 0.272 e. The standard InChI is InChI=1S/C19H30N4O/c1-12(2)14-9-15(22(5)20-14)18(24)23-11-13-10-19(3)16(21(13)4)7-6-8-17(19)23/h9,12-13,16-17H,6-8,10-11H2,1-5H3/t13-,16-,17+,19-/m0/s1. The first-order chi connectivity index (χ1) is 11.3. The van der Waals surface area contributed by atoms with Gasteiger partial charge in [-0.05, 0) is 44.7 Å². The third kappa shape index (κ3) is 2.10. The third-order valence-corrected chi connectivity index (χ3v) is 6.97. The van der Waals surface area contributed by atoms with Crippen molar-refractivity contribution in [3.8, 4) is 0 Å². The molecule has 3 aliphatic rings. The van der Waals surface area contributed by atoms with Crippen molar-refractivity contribution in [2.24, 2.45) is 12.5 Å². The van der Waals surface area contributed by atoms with Crippen LogP contribution in [0.1, 0.15) is 68.6 Å². The van der Waals surface area contributed by atoms with Gasteiger partial charge in [-0.3, -0.25) is 14.4 Å². The minimum absolute atomic E-state index is 0.175. The van der Waals surface area contributed by atoms with Crippen LogP contribution in [0.15, 0.2) is 6.07 Å². The van der Waals surface area contributed by atoms with Crippen LogP contribution in [0, 0.1) is 5.41 Å². The van der Waals surface area contributed by atoms with Crippen LogP contribution >= 0.6 is 0 Å². The van der Waals surface area contributed by atoms with E-state index in [4.69, 9.17) is 0 Å². The van der Waals surface area contributed by atoms with E-state index in [-0.39, 0.29) is 11.3 Å². The van der Waals surface area contributed by atoms with E-state index in [0.717, 1.165) is 24.4 Å². The second-order valence-corrected chi connectivity index (χ2v) is 8.68. The zero-order valence-electron chi connectivity index (χ0n) is 15.6. The van der Waals surface area contributed by atoms with E-state index >= 15 is 0 Å². The predicted octanol–water partition coefficient (Wildman–Crippen LogP) is 2.63. The smallest absolute Gasteiger partial charge is 0.272 e. The fraction of sp³-hybridized carbons (Fsp3) is 0.789. The highest BCUT2D eigenvalue weighted by molar-refractivity contribution is 5.93. The largest absolute Gasteiger partial charge is 0.332 e. The molecule has 0 aromatic carbocycles. The molecule has 24 heavy (non-hydrogen) atoms. The number of nitrogens with zero attached hydrogens (tertiary/aromatic N) is 4. The maximum absolute atomic E-state index is 13.4. The molecule has 1 saturated carbocycles. The number of amides is 1. The molecule has 4 atom stereocenters. The van der Waals surface area contributed by atoms with Gasteiger partial charge in [0.15, 0.2) is 0 Å². The molecule has 0 spiro atoms. The summed E-state index contributed by atoms with van der Waals surface area (Å²) in [5, 5.41) is 4.55. The Kier molecular flexibility index (Phi) is 3.57. The summed E-state index contributed by atoms with van der Waals surface area (Å²) in [6.07, 6.45) is 4.90. The Morgan fingerprint density at radius 2 is 2.00 bits per heavy atom. The highest BCUT2D eigenvalue weighted by Gasteiger charge is 2.59. The Bertz CT molecular complexity index is 666. The van der Waals surface area contributed by atoms with Gasteiger partial charge in [-0.15, -0.1) is 0 Å². The van der Waals surface area contributed by atoms with Crippen molar-refractivity contribution in [2.45, 2.75) is 70.5 Å². The molecule has 132 valence electrons. The van der Waals surface area contributed by atoms with E-state index < -0.39 is 0 Å². The topological polar surface area (TPSA) is 41.4 Å². The number of rotatable bonds is 2. The lowest BCUT2D eigenvalue weighted by Crippen LogP contribution is -2.57. The van der Waals surface area contributed by atoms with Gasteiger partial charge in [-0.25, -0.2) is 0 Å². The number of likely N-dealkylation sites (N-methyl/N-ethyl adjacent to an activating group) is 1. The molecule has 0 unspecified atom stereocenters. The molecule has 0 radical (unpaired) electrons. The normalized spacial score (nSPS) is 35.8. The minimum Gasteiger partial charge on any atom is -0.332 e. The summed E-state index contributed by atoms with van der Waals surface area (Å²) in [6.45, 7) is 7.54. The molecule has 2 saturated heterocycles. The molecule has 5 heteroatoms. The van der Waals surface area contributed by atoms with E-state index in [0.29, 0.717) is 24.0 Å². The van der Waals surface area contributed by atoms with Crippen LogP contribution < -0.4 is 0 Å². The van der Waals surface area contributed by atoms with E-state index in [1.54, 1.807) is 4.68 Å². The van der Waals surface area contributed by atoms with Gasteiger partial charge >= 0.3 is 0 Å². The van der Waals surface area contributed by atoms with Crippen molar-refractivity contribution in [1.82, 2.24) is 19.6 Å². The van der Waals surface area contributed by atoms with Crippen molar-refractivity contribution in [1.29, 1.82) is 0 Å². The first kappa shape index (κ1) is 16.1.